The summed E-state index contributed by atoms with van der Waals surface area (Å²) < 4.78 is 16.6. The van der Waals surface area contributed by atoms with Crippen LogP contribution in [0.3, 0.4) is 0 Å². The lowest BCUT2D eigenvalue weighted by Crippen LogP contribution is -2.33. The van der Waals surface area contributed by atoms with Gasteiger partial charge < -0.3 is 14.2 Å². The van der Waals surface area contributed by atoms with Crippen LogP contribution in [0, 0.1) is 20.8 Å². The molecule has 33 heavy (non-hydrogen) atoms. The molecule has 0 spiro atoms. The van der Waals surface area contributed by atoms with E-state index >= 15 is 0 Å². The maximum Gasteiger partial charge on any atom is 0.412 e. The topological polar surface area (TPSA) is 85.9 Å². The third-order valence-corrected chi connectivity index (χ3v) is 4.79. The summed E-state index contributed by atoms with van der Waals surface area (Å²) in [6.45, 7) is 5.68. The largest absolute Gasteiger partial charge is 0.489 e. The molecule has 7 heteroatoms. The molecule has 0 fully saturated rings. The fourth-order valence-electron chi connectivity index (χ4n) is 2.91. The molecule has 0 aromatic heterocycles. The average molecular weight is 449 g/mol. The first kappa shape index (κ1) is 23.7. The number of ether oxygens (including phenoxy) is 3. The summed E-state index contributed by atoms with van der Waals surface area (Å²) in [4.78, 5) is 24.6. The van der Waals surface area contributed by atoms with Gasteiger partial charge in [0.2, 0.25) is 0 Å². The van der Waals surface area contributed by atoms with Crippen molar-refractivity contribution in [1.29, 1.82) is 0 Å². The van der Waals surface area contributed by atoms with Crippen LogP contribution in [-0.4, -0.2) is 31.5 Å². The van der Waals surface area contributed by atoms with Gasteiger partial charge in [0.15, 0.2) is 6.10 Å². The Bertz CT molecular complexity index is 1060. The van der Waals surface area contributed by atoms with Crippen LogP contribution in [0.2, 0.25) is 0 Å². The Balaban J connectivity index is 1.59. The van der Waals surface area contributed by atoms with Crippen molar-refractivity contribution in [3.8, 4) is 5.75 Å². The summed E-state index contributed by atoms with van der Waals surface area (Å²) in [5, 5.41) is 5.32. The Morgan fingerprint density at radius 2 is 1.27 bits per heavy atom. The smallest absolute Gasteiger partial charge is 0.412 e. The first-order valence-corrected chi connectivity index (χ1v) is 10.6. The second-order valence-corrected chi connectivity index (χ2v) is 7.68. The number of carbonyl (C=O) groups excluding carboxylic acids is 2. The van der Waals surface area contributed by atoms with E-state index in [9.17, 15) is 9.59 Å². The zero-order chi connectivity index (χ0) is 23.6. The highest BCUT2D eigenvalue weighted by Crippen LogP contribution is 2.17. The number of anilines is 2. The molecule has 0 aliphatic heterocycles. The van der Waals surface area contributed by atoms with Gasteiger partial charge in [0, 0.05) is 11.4 Å². The number of rotatable bonds is 8. The van der Waals surface area contributed by atoms with Crippen molar-refractivity contribution in [2.24, 2.45) is 0 Å². The van der Waals surface area contributed by atoms with Crippen LogP contribution in [0.25, 0.3) is 0 Å². The van der Waals surface area contributed by atoms with E-state index in [1.165, 1.54) is 0 Å². The Labute approximate surface area is 193 Å². The number of carbonyl (C=O) groups is 2. The first-order valence-electron chi connectivity index (χ1n) is 10.6. The van der Waals surface area contributed by atoms with Gasteiger partial charge >= 0.3 is 12.2 Å². The zero-order valence-corrected chi connectivity index (χ0v) is 19.0. The Kier molecular flexibility index (Phi) is 8.30. The van der Waals surface area contributed by atoms with E-state index in [0.29, 0.717) is 17.1 Å². The highest BCUT2D eigenvalue weighted by molar-refractivity contribution is 5.85. The summed E-state index contributed by atoms with van der Waals surface area (Å²) in [6, 6.07) is 22.1. The van der Waals surface area contributed by atoms with Crippen LogP contribution in [0.4, 0.5) is 21.0 Å². The maximum atomic E-state index is 12.4. The number of hydrogen-bond acceptors (Lipinski definition) is 5. The molecule has 0 bridgehead atoms. The number of aryl methyl sites for hydroxylation is 3. The molecule has 3 aromatic carbocycles. The van der Waals surface area contributed by atoms with Crippen molar-refractivity contribution in [3.63, 3.8) is 0 Å². The van der Waals surface area contributed by atoms with Crippen LogP contribution in [0.15, 0.2) is 72.8 Å². The van der Waals surface area contributed by atoms with Crippen molar-refractivity contribution in [2.75, 3.05) is 23.8 Å². The second kappa shape index (κ2) is 11.6. The third kappa shape index (κ3) is 7.88. The molecule has 1 unspecified atom stereocenters. The molecule has 2 amide bonds. The first-order chi connectivity index (χ1) is 15.9. The quantitative estimate of drug-likeness (QED) is 0.451. The summed E-state index contributed by atoms with van der Waals surface area (Å²) in [5.41, 5.74) is 4.30. The molecule has 3 rings (SSSR count). The third-order valence-electron chi connectivity index (χ3n) is 4.79. The molecule has 0 aliphatic carbocycles. The predicted molar refractivity (Wildman–Crippen MR) is 128 cm³/mol. The molecule has 0 radical (unpaired) electrons. The molecule has 0 heterocycles. The molecule has 0 aliphatic rings. The number of amides is 2. The summed E-state index contributed by atoms with van der Waals surface area (Å²) in [5.74, 6) is 0.661. The van der Waals surface area contributed by atoms with Gasteiger partial charge in [0.25, 0.3) is 0 Å². The van der Waals surface area contributed by atoms with Crippen LogP contribution in [-0.2, 0) is 9.47 Å². The normalized spacial score (nSPS) is 11.2. The van der Waals surface area contributed by atoms with E-state index in [0.717, 1.165) is 16.7 Å². The Hall–Kier alpha value is -4.00. The van der Waals surface area contributed by atoms with Crippen LogP contribution >= 0.6 is 0 Å². The van der Waals surface area contributed by atoms with E-state index in [2.05, 4.69) is 10.6 Å². The molecule has 7 nitrogen and oxygen atoms in total. The van der Waals surface area contributed by atoms with Gasteiger partial charge in [0.05, 0.1) is 0 Å². The lowest BCUT2D eigenvalue weighted by molar-refractivity contribution is 0.0288. The monoisotopic (exact) mass is 448 g/mol. The molecule has 0 saturated carbocycles. The van der Waals surface area contributed by atoms with Crippen molar-refractivity contribution in [3.05, 3.63) is 89.5 Å². The van der Waals surface area contributed by atoms with E-state index in [1.807, 2.05) is 69.3 Å². The van der Waals surface area contributed by atoms with Crippen molar-refractivity contribution >= 4 is 23.6 Å². The molecule has 3 aromatic rings. The molecular weight excluding hydrogens is 420 g/mol. The number of para-hydroxylation sites is 1. The lowest BCUT2D eigenvalue weighted by atomic mass is 10.2. The van der Waals surface area contributed by atoms with Crippen molar-refractivity contribution < 1.29 is 23.8 Å². The maximum absolute atomic E-state index is 12.4. The summed E-state index contributed by atoms with van der Waals surface area (Å²) >= 11 is 0. The molecule has 2 N–H and O–H groups in total. The summed E-state index contributed by atoms with van der Waals surface area (Å²) in [6.07, 6.45) is -2.14. The number of hydrogen-bond donors (Lipinski definition) is 2. The minimum atomic E-state index is -0.821. The van der Waals surface area contributed by atoms with Gasteiger partial charge in [-0.2, -0.15) is 0 Å². The molecule has 0 saturated heterocycles. The molecular formula is C26H28N2O5. The van der Waals surface area contributed by atoms with Gasteiger partial charge in [0.1, 0.15) is 19.0 Å². The van der Waals surface area contributed by atoms with Gasteiger partial charge in [-0.05, 0) is 56.7 Å². The number of benzene rings is 3. The van der Waals surface area contributed by atoms with E-state index in [-0.39, 0.29) is 13.2 Å². The number of nitrogens with one attached hydrogen (secondary N) is 2. The summed E-state index contributed by atoms with van der Waals surface area (Å²) in [7, 11) is 0. The second-order valence-electron chi connectivity index (χ2n) is 7.68. The minimum Gasteiger partial charge on any atom is -0.489 e. The fourth-order valence-corrected chi connectivity index (χ4v) is 2.91. The van der Waals surface area contributed by atoms with E-state index in [1.54, 1.807) is 24.3 Å². The lowest BCUT2D eigenvalue weighted by Gasteiger charge is -2.19. The Morgan fingerprint density at radius 1 is 0.727 bits per heavy atom. The molecule has 1 atom stereocenters. The Morgan fingerprint density at radius 3 is 1.85 bits per heavy atom. The van der Waals surface area contributed by atoms with E-state index < -0.39 is 18.3 Å². The van der Waals surface area contributed by atoms with Crippen molar-refractivity contribution in [1.82, 2.24) is 0 Å². The highest BCUT2D eigenvalue weighted by atomic mass is 16.6. The van der Waals surface area contributed by atoms with Gasteiger partial charge in [-0.25, -0.2) is 9.59 Å². The van der Waals surface area contributed by atoms with Crippen molar-refractivity contribution in [2.45, 2.75) is 26.9 Å². The average Bonchev–Trinajstić information content (AvgIpc) is 2.79. The van der Waals surface area contributed by atoms with Crippen LogP contribution in [0.1, 0.15) is 16.7 Å². The standard InChI is InChI=1S/C26H28N2O5/c1-18-8-12-21(13-9-18)27-25(29)32-17-23(16-31-24-7-5-4-6-20(24)3)33-26(30)28-22-14-10-19(2)11-15-22/h4-15,23H,16-17H2,1-3H3,(H,27,29)(H,28,30). The highest BCUT2D eigenvalue weighted by Gasteiger charge is 2.19. The predicted octanol–water partition coefficient (Wildman–Crippen LogP) is 5.86. The van der Waals surface area contributed by atoms with E-state index in [4.69, 9.17) is 14.2 Å². The van der Waals surface area contributed by atoms with Gasteiger partial charge in [-0.3, -0.25) is 10.6 Å². The zero-order valence-electron chi connectivity index (χ0n) is 19.0. The van der Waals surface area contributed by atoms with Crippen LogP contribution in [0.5, 0.6) is 5.75 Å². The minimum absolute atomic E-state index is 0.0178. The van der Waals surface area contributed by atoms with Crippen LogP contribution < -0.4 is 15.4 Å². The van der Waals surface area contributed by atoms with Gasteiger partial charge in [-0.15, -0.1) is 0 Å². The van der Waals surface area contributed by atoms with Gasteiger partial charge in [-0.1, -0.05) is 53.6 Å². The SMILES string of the molecule is Cc1ccc(NC(=O)OCC(COc2ccccc2C)OC(=O)Nc2ccc(C)cc2)cc1. The fraction of sp³-hybridized carbons (Fsp3) is 0.231. The molecule has 172 valence electrons.